The second-order valence-corrected chi connectivity index (χ2v) is 3.75. The Kier molecular flexibility index (Phi) is 7.37. The maximum absolute atomic E-state index is 9.91. The van der Waals surface area contributed by atoms with E-state index in [1.54, 1.807) is 0 Å². The molecule has 10 heavy (non-hydrogen) atoms. The highest BCUT2D eigenvalue weighted by molar-refractivity contribution is 9.09. The summed E-state index contributed by atoms with van der Waals surface area (Å²) in [6, 6.07) is 0. The van der Waals surface area contributed by atoms with Gasteiger partial charge in [0.05, 0.1) is 0 Å². The fraction of sp³-hybridized carbons (Fsp3) is 0.875. The monoisotopic (exact) mass is 206 g/mol. The quantitative estimate of drug-likeness (QED) is 0.371. The van der Waals surface area contributed by atoms with Crippen LogP contribution in [0.15, 0.2) is 0 Å². The SMILES string of the molecule is CCC(Br)CCCCC=O. The fourth-order valence-corrected chi connectivity index (χ4v) is 1.12. The van der Waals surface area contributed by atoms with Crippen LogP contribution in [0, 0.1) is 0 Å². The lowest BCUT2D eigenvalue weighted by Gasteiger charge is -2.03. The molecule has 1 atom stereocenters. The first-order chi connectivity index (χ1) is 4.81. The first-order valence-corrected chi connectivity index (χ1v) is 4.80. The van der Waals surface area contributed by atoms with Crippen LogP contribution in [0.4, 0.5) is 0 Å². The molecule has 0 radical (unpaired) electrons. The molecular weight excluding hydrogens is 192 g/mol. The topological polar surface area (TPSA) is 17.1 Å². The number of aldehydes is 1. The van der Waals surface area contributed by atoms with Crippen molar-refractivity contribution in [3.05, 3.63) is 0 Å². The molecule has 0 saturated heterocycles. The van der Waals surface area contributed by atoms with Crippen LogP contribution in [0.3, 0.4) is 0 Å². The second kappa shape index (κ2) is 7.26. The summed E-state index contributed by atoms with van der Waals surface area (Å²) >= 11 is 3.54. The highest BCUT2D eigenvalue weighted by Crippen LogP contribution is 2.13. The molecule has 0 rings (SSSR count). The molecule has 0 aliphatic heterocycles. The van der Waals surface area contributed by atoms with Gasteiger partial charge in [0.25, 0.3) is 0 Å². The Hall–Kier alpha value is 0.150. The summed E-state index contributed by atoms with van der Waals surface area (Å²) in [6.07, 6.45) is 6.32. The van der Waals surface area contributed by atoms with Gasteiger partial charge in [0.15, 0.2) is 0 Å². The third-order valence-corrected chi connectivity index (χ3v) is 2.64. The van der Waals surface area contributed by atoms with Crippen molar-refractivity contribution < 1.29 is 4.79 Å². The number of alkyl halides is 1. The highest BCUT2D eigenvalue weighted by atomic mass is 79.9. The average Bonchev–Trinajstić information content (AvgIpc) is 1.98. The van der Waals surface area contributed by atoms with Gasteiger partial charge < -0.3 is 4.79 Å². The Balaban J connectivity index is 2.95. The van der Waals surface area contributed by atoms with Crippen LogP contribution in [-0.4, -0.2) is 11.1 Å². The molecule has 0 saturated carbocycles. The molecule has 1 unspecified atom stereocenters. The van der Waals surface area contributed by atoms with Crippen molar-refractivity contribution in [2.24, 2.45) is 0 Å². The number of carbonyl (C=O) groups is 1. The molecule has 0 N–H and O–H groups in total. The summed E-state index contributed by atoms with van der Waals surface area (Å²) in [6.45, 7) is 2.17. The summed E-state index contributed by atoms with van der Waals surface area (Å²) in [5.74, 6) is 0. The minimum absolute atomic E-state index is 0.652. The first kappa shape index (κ1) is 10.2. The summed E-state index contributed by atoms with van der Waals surface area (Å²) in [5.41, 5.74) is 0. The zero-order chi connectivity index (χ0) is 7.82. The molecule has 2 heteroatoms. The fourth-order valence-electron chi connectivity index (χ4n) is 0.798. The molecule has 0 fully saturated rings. The number of halogens is 1. The van der Waals surface area contributed by atoms with Gasteiger partial charge in [-0.3, -0.25) is 0 Å². The summed E-state index contributed by atoms with van der Waals surface area (Å²) in [7, 11) is 0. The molecule has 0 aromatic rings. The van der Waals surface area contributed by atoms with Crippen molar-refractivity contribution in [2.75, 3.05) is 0 Å². The van der Waals surface area contributed by atoms with Gasteiger partial charge in [0.2, 0.25) is 0 Å². The van der Waals surface area contributed by atoms with Crippen molar-refractivity contribution in [1.29, 1.82) is 0 Å². The van der Waals surface area contributed by atoms with Crippen molar-refractivity contribution in [1.82, 2.24) is 0 Å². The van der Waals surface area contributed by atoms with Crippen LogP contribution < -0.4 is 0 Å². The van der Waals surface area contributed by atoms with Crippen LogP contribution >= 0.6 is 15.9 Å². The van der Waals surface area contributed by atoms with E-state index in [1.807, 2.05) is 0 Å². The third kappa shape index (κ3) is 6.27. The molecule has 1 nitrogen and oxygen atoms in total. The zero-order valence-electron chi connectivity index (χ0n) is 6.48. The second-order valence-electron chi connectivity index (χ2n) is 2.46. The van der Waals surface area contributed by atoms with Gasteiger partial charge in [0, 0.05) is 11.2 Å². The van der Waals surface area contributed by atoms with E-state index in [2.05, 4.69) is 22.9 Å². The Morgan fingerprint density at radius 1 is 1.50 bits per heavy atom. The number of rotatable bonds is 6. The van der Waals surface area contributed by atoms with Gasteiger partial charge in [0.1, 0.15) is 6.29 Å². The van der Waals surface area contributed by atoms with Gasteiger partial charge in [-0.2, -0.15) is 0 Å². The van der Waals surface area contributed by atoms with Gasteiger partial charge >= 0.3 is 0 Å². The van der Waals surface area contributed by atoms with E-state index in [1.165, 1.54) is 19.3 Å². The minimum Gasteiger partial charge on any atom is -0.303 e. The Labute approximate surface area is 71.3 Å². The normalized spacial score (nSPS) is 13.0. The molecule has 0 heterocycles. The van der Waals surface area contributed by atoms with E-state index in [0.717, 1.165) is 19.1 Å². The molecule has 0 aliphatic carbocycles. The number of unbranched alkanes of at least 4 members (excludes halogenated alkanes) is 2. The van der Waals surface area contributed by atoms with Crippen LogP contribution in [0.1, 0.15) is 39.0 Å². The highest BCUT2D eigenvalue weighted by Gasteiger charge is 1.98. The lowest BCUT2D eigenvalue weighted by molar-refractivity contribution is -0.107. The molecule has 0 spiro atoms. The predicted octanol–water partition coefficient (Wildman–Crippen LogP) is 2.92. The lowest BCUT2D eigenvalue weighted by atomic mass is 10.1. The minimum atomic E-state index is 0.652. The van der Waals surface area contributed by atoms with E-state index in [4.69, 9.17) is 0 Å². The first-order valence-electron chi connectivity index (χ1n) is 3.89. The number of hydrogen-bond acceptors (Lipinski definition) is 1. The zero-order valence-corrected chi connectivity index (χ0v) is 8.06. The average molecular weight is 207 g/mol. The predicted molar refractivity (Wildman–Crippen MR) is 47.5 cm³/mol. The standard InChI is InChI=1S/C8H15BrO/c1-2-8(9)6-4-3-5-7-10/h7-8H,2-6H2,1H3. The molecule has 0 aromatic carbocycles. The largest absolute Gasteiger partial charge is 0.303 e. The van der Waals surface area contributed by atoms with Crippen molar-refractivity contribution >= 4 is 22.2 Å². The van der Waals surface area contributed by atoms with E-state index in [0.29, 0.717) is 4.83 Å². The van der Waals surface area contributed by atoms with Gasteiger partial charge in [-0.25, -0.2) is 0 Å². The van der Waals surface area contributed by atoms with Crippen molar-refractivity contribution in [3.8, 4) is 0 Å². The van der Waals surface area contributed by atoms with Crippen molar-refractivity contribution in [3.63, 3.8) is 0 Å². The maximum Gasteiger partial charge on any atom is 0.119 e. The lowest BCUT2D eigenvalue weighted by Crippen LogP contribution is -1.94. The number of carbonyl (C=O) groups excluding carboxylic acids is 1. The summed E-state index contributed by atoms with van der Waals surface area (Å²) < 4.78 is 0. The van der Waals surface area contributed by atoms with E-state index < -0.39 is 0 Å². The molecule has 0 bridgehead atoms. The van der Waals surface area contributed by atoms with Crippen molar-refractivity contribution in [2.45, 2.75) is 43.9 Å². The van der Waals surface area contributed by atoms with E-state index in [9.17, 15) is 4.79 Å². The van der Waals surface area contributed by atoms with Gasteiger partial charge in [-0.1, -0.05) is 29.3 Å². The Morgan fingerprint density at radius 2 is 2.20 bits per heavy atom. The molecule has 0 aliphatic rings. The summed E-state index contributed by atoms with van der Waals surface area (Å²) in [5, 5.41) is 0. The Morgan fingerprint density at radius 3 is 2.70 bits per heavy atom. The molecular formula is C8H15BrO. The summed E-state index contributed by atoms with van der Waals surface area (Å²) in [4.78, 5) is 10.6. The molecule has 0 amide bonds. The Bertz CT molecular complexity index is 83.3. The van der Waals surface area contributed by atoms with Gasteiger partial charge in [-0.15, -0.1) is 0 Å². The maximum atomic E-state index is 9.91. The third-order valence-electron chi connectivity index (χ3n) is 1.53. The van der Waals surface area contributed by atoms with Crippen LogP contribution in [0.25, 0.3) is 0 Å². The van der Waals surface area contributed by atoms with Crippen LogP contribution in [0.5, 0.6) is 0 Å². The van der Waals surface area contributed by atoms with Gasteiger partial charge in [-0.05, 0) is 19.3 Å². The molecule has 60 valence electrons. The van der Waals surface area contributed by atoms with Crippen LogP contribution in [-0.2, 0) is 4.79 Å². The smallest absolute Gasteiger partial charge is 0.119 e. The number of hydrogen-bond donors (Lipinski definition) is 0. The van der Waals surface area contributed by atoms with E-state index >= 15 is 0 Å². The van der Waals surface area contributed by atoms with E-state index in [-0.39, 0.29) is 0 Å². The van der Waals surface area contributed by atoms with Crippen LogP contribution in [0.2, 0.25) is 0 Å². The molecule has 0 aromatic heterocycles.